The zero-order valence-corrected chi connectivity index (χ0v) is 16.9. The van der Waals surface area contributed by atoms with Crippen LogP contribution in [0.3, 0.4) is 0 Å². The molecule has 1 atom stereocenters. The van der Waals surface area contributed by atoms with Crippen LogP contribution in [0.15, 0.2) is 60.8 Å². The molecule has 4 rings (SSSR count). The number of fused-ring (bicyclic) bond motifs is 1. The monoisotopic (exact) mass is 420 g/mol. The number of nitrogens with one attached hydrogen (secondary N) is 1. The van der Waals surface area contributed by atoms with Crippen LogP contribution >= 0.6 is 0 Å². The third-order valence-electron chi connectivity index (χ3n) is 5.11. The van der Waals surface area contributed by atoms with Crippen LogP contribution in [0.2, 0.25) is 0 Å². The lowest BCUT2D eigenvalue weighted by molar-refractivity contribution is -0.384. The van der Waals surface area contributed by atoms with Gasteiger partial charge in [0.1, 0.15) is 23.4 Å². The quantitative estimate of drug-likeness (QED) is 0.458. The van der Waals surface area contributed by atoms with Gasteiger partial charge in [0.25, 0.3) is 11.6 Å². The highest BCUT2D eigenvalue weighted by molar-refractivity contribution is 5.99. The van der Waals surface area contributed by atoms with Crippen LogP contribution in [-0.4, -0.2) is 34.9 Å². The summed E-state index contributed by atoms with van der Waals surface area (Å²) in [6.45, 7) is 0.292. The molecule has 0 radical (unpaired) electrons. The normalized spacial score (nSPS) is 14.8. The molecule has 1 aliphatic heterocycles. The predicted octanol–water partition coefficient (Wildman–Crippen LogP) is 3.77. The van der Waals surface area contributed by atoms with Gasteiger partial charge < -0.3 is 19.7 Å². The molecular formula is C22H20N4O5. The number of carbonyl (C=O) groups is 1. The standard InChI is InChI=1S/C22H20N4O5/c1-30-15-7-5-14(6-8-15)13-25-21(20-17(22(25)27)4-3-11-23-20)24-18-10-9-16(31-2)12-19(18)26(28)29/h3-12,21,24H,13H2,1-2H3. The number of benzene rings is 2. The lowest BCUT2D eigenvalue weighted by Gasteiger charge is -2.26. The number of carbonyl (C=O) groups excluding carboxylic acids is 1. The number of hydrogen-bond acceptors (Lipinski definition) is 7. The average molecular weight is 420 g/mol. The number of ether oxygens (including phenoxy) is 2. The van der Waals surface area contributed by atoms with Crippen LogP contribution in [0.25, 0.3) is 0 Å². The summed E-state index contributed by atoms with van der Waals surface area (Å²) >= 11 is 0. The Morgan fingerprint density at radius 2 is 1.81 bits per heavy atom. The summed E-state index contributed by atoms with van der Waals surface area (Å²) in [4.78, 5) is 30.2. The summed E-state index contributed by atoms with van der Waals surface area (Å²) in [6, 6.07) is 15.3. The molecule has 0 aliphatic carbocycles. The van der Waals surface area contributed by atoms with Gasteiger partial charge in [-0.05, 0) is 42.0 Å². The van der Waals surface area contributed by atoms with E-state index in [1.807, 2.05) is 24.3 Å². The third kappa shape index (κ3) is 3.85. The predicted molar refractivity (Wildman–Crippen MR) is 113 cm³/mol. The molecular weight excluding hydrogens is 400 g/mol. The Morgan fingerprint density at radius 3 is 2.48 bits per heavy atom. The van der Waals surface area contributed by atoms with E-state index >= 15 is 0 Å². The fraction of sp³-hybridized carbons (Fsp3) is 0.182. The Kier molecular flexibility index (Phi) is 5.40. The summed E-state index contributed by atoms with van der Waals surface area (Å²) in [5.74, 6) is 0.880. The first-order chi connectivity index (χ1) is 15.0. The molecule has 2 aromatic carbocycles. The van der Waals surface area contributed by atoms with Gasteiger partial charge in [-0.2, -0.15) is 0 Å². The minimum Gasteiger partial charge on any atom is -0.497 e. The van der Waals surface area contributed by atoms with Gasteiger partial charge in [0.15, 0.2) is 0 Å². The minimum atomic E-state index is -0.669. The summed E-state index contributed by atoms with van der Waals surface area (Å²) in [5, 5.41) is 14.8. The van der Waals surface area contributed by atoms with Gasteiger partial charge in [-0.15, -0.1) is 0 Å². The fourth-order valence-corrected chi connectivity index (χ4v) is 3.53. The Morgan fingerprint density at radius 1 is 1.10 bits per heavy atom. The van der Waals surface area contributed by atoms with Gasteiger partial charge in [-0.3, -0.25) is 19.9 Å². The van der Waals surface area contributed by atoms with Crippen molar-refractivity contribution in [1.82, 2.24) is 9.88 Å². The molecule has 158 valence electrons. The van der Waals surface area contributed by atoms with Crippen LogP contribution in [0.5, 0.6) is 11.5 Å². The molecule has 31 heavy (non-hydrogen) atoms. The Labute approximate surface area is 178 Å². The fourth-order valence-electron chi connectivity index (χ4n) is 3.53. The number of nitro groups is 1. The Bertz CT molecular complexity index is 1130. The SMILES string of the molecule is COc1ccc(CN2C(=O)c3cccnc3C2Nc2ccc(OC)cc2[N+](=O)[O-])cc1. The second kappa shape index (κ2) is 8.31. The second-order valence-corrected chi connectivity index (χ2v) is 6.90. The maximum Gasteiger partial charge on any atom is 0.296 e. The number of aromatic nitrogens is 1. The molecule has 9 heteroatoms. The van der Waals surface area contributed by atoms with Crippen LogP contribution in [0.1, 0.15) is 27.8 Å². The maximum atomic E-state index is 13.1. The lowest BCUT2D eigenvalue weighted by Crippen LogP contribution is -2.32. The number of rotatable bonds is 7. The zero-order valence-electron chi connectivity index (χ0n) is 16.9. The van der Waals surface area contributed by atoms with E-state index in [0.29, 0.717) is 29.3 Å². The molecule has 3 aromatic rings. The van der Waals surface area contributed by atoms with Crippen molar-refractivity contribution in [2.75, 3.05) is 19.5 Å². The van der Waals surface area contributed by atoms with Crippen LogP contribution < -0.4 is 14.8 Å². The number of anilines is 1. The molecule has 1 aliphatic rings. The molecule has 9 nitrogen and oxygen atoms in total. The average Bonchev–Trinajstić information content (AvgIpc) is 3.05. The highest BCUT2D eigenvalue weighted by Crippen LogP contribution is 2.37. The van der Waals surface area contributed by atoms with E-state index in [9.17, 15) is 14.9 Å². The van der Waals surface area contributed by atoms with E-state index in [0.717, 1.165) is 5.56 Å². The molecule has 0 spiro atoms. The van der Waals surface area contributed by atoms with Gasteiger partial charge in [0.05, 0.1) is 36.5 Å². The van der Waals surface area contributed by atoms with Crippen molar-refractivity contribution in [3.05, 3.63) is 87.7 Å². The number of nitrogens with zero attached hydrogens (tertiary/aromatic N) is 3. The summed E-state index contributed by atoms with van der Waals surface area (Å²) < 4.78 is 10.3. The van der Waals surface area contributed by atoms with Crippen molar-refractivity contribution in [2.45, 2.75) is 12.7 Å². The minimum absolute atomic E-state index is 0.152. The number of nitro benzene ring substituents is 1. The van der Waals surface area contributed by atoms with E-state index in [4.69, 9.17) is 9.47 Å². The van der Waals surface area contributed by atoms with Gasteiger partial charge in [0, 0.05) is 12.7 Å². The smallest absolute Gasteiger partial charge is 0.296 e. The molecule has 1 unspecified atom stereocenters. The zero-order chi connectivity index (χ0) is 22.0. The highest BCUT2D eigenvalue weighted by Gasteiger charge is 2.38. The summed E-state index contributed by atoms with van der Waals surface area (Å²) in [7, 11) is 3.03. The van der Waals surface area contributed by atoms with Crippen molar-refractivity contribution >= 4 is 17.3 Å². The molecule has 1 aromatic heterocycles. The van der Waals surface area contributed by atoms with E-state index in [-0.39, 0.29) is 17.3 Å². The summed E-state index contributed by atoms with van der Waals surface area (Å²) in [5.41, 5.74) is 1.98. The first-order valence-corrected chi connectivity index (χ1v) is 9.49. The highest BCUT2D eigenvalue weighted by atomic mass is 16.6. The lowest BCUT2D eigenvalue weighted by atomic mass is 10.2. The first kappa shape index (κ1) is 20.1. The van der Waals surface area contributed by atoms with Crippen molar-refractivity contribution < 1.29 is 19.2 Å². The molecule has 1 amide bonds. The molecule has 0 saturated heterocycles. The first-order valence-electron chi connectivity index (χ1n) is 9.49. The van der Waals surface area contributed by atoms with Gasteiger partial charge in [-0.1, -0.05) is 12.1 Å². The molecule has 0 fully saturated rings. The van der Waals surface area contributed by atoms with Crippen LogP contribution in [0.4, 0.5) is 11.4 Å². The topological polar surface area (TPSA) is 107 Å². The molecule has 1 N–H and O–H groups in total. The Balaban J connectivity index is 1.70. The Hall–Kier alpha value is -4.14. The molecule has 2 heterocycles. The van der Waals surface area contributed by atoms with Gasteiger partial charge in [-0.25, -0.2) is 0 Å². The van der Waals surface area contributed by atoms with Crippen molar-refractivity contribution in [1.29, 1.82) is 0 Å². The van der Waals surface area contributed by atoms with Crippen LogP contribution in [-0.2, 0) is 6.54 Å². The molecule has 0 saturated carbocycles. The van der Waals surface area contributed by atoms with Crippen LogP contribution in [0, 0.1) is 10.1 Å². The summed E-state index contributed by atoms with van der Waals surface area (Å²) in [6.07, 6.45) is 0.929. The number of amides is 1. The third-order valence-corrected chi connectivity index (χ3v) is 5.11. The maximum absolute atomic E-state index is 13.1. The number of hydrogen-bond donors (Lipinski definition) is 1. The van der Waals surface area contributed by atoms with E-state index in [2.05, 4.69) is 10.3 Å². The van der Waals surface area contributed by atoms with Crippen molar-refractivity contribution in [3.63, 3.8) is 0 Å². The van der Waals surface area contributed by atoms with Gasteiger partial charge >= 0.3 is 0 Å². The van der Waals surface area contributed by atoms with E-state index in [1.165, 1.54) is 13.2 Å². The number of methoxy groups -OCH3 is 2. The van der Waals surface area contributed by atoms with E-state index in [1.54, 1.807) is 42.5 Å². The van der Waals surface area contributed by atoms with Crippen molar-refractivity contribution in [2.24, 2.45) is 0 Å². The van der Waals surface area contributed by atoms with E-state index < -0.39 is 11.1 Å². The molecule has 0 bridgehead atoms. The van der Waals surface area contributed by atoms with Gasteiger partial charge in [0.2, 0.25) is 0 Å². The number of pyridine rings is 1. The largest absolute Gasteiger partial charge is 0.497 e. The van der Waals surface area contributed by atoms with Crippen molar-refractivity contribution in [3.8, 4) is 11.5 Å². The second-order valence-electron chi connectivity index (χ2n) is 6.90.